The van der Waals surface area contributed by atoms with E-state index in [-0.39, 0.29) is 11.1 Å². The van der Waals surface area contributed by atoms with Gasteiger partial charge >= 0.3 is 6.11 Å². The number of hydrogen-bond donors (Lipinski definition) is 0. The molecule has 0 spiro atoms. The molecule has 1 nitrogen and oxygen atoms in total. The van der Waals surface area contributed by atoms with Crippen LogP contribution in [-0.2, 0) is 6.11 Å². The third-order valence-corrected chi connectivity index (χ3v) is 7.59. The molecule has 0 unspecified atom stereocenters. The zero-order valence-electron chi connectivity index (χ0n) is 21.8. The Kier molecular flexibility index (Phi) is 7.81. The van der Waals surface area contributed by atoms with Crippen LogP contribution >= 0.6 is 0 Å². The first-order valence-corrected chi connectivity index (χ1v) is 13.0. The molecule has 0 atom stereocenters. The smallest absolute Gasteiger partial charge is 0.429 e. The van der Waals surface area contributed by atoms with Crippen LogP contribution in [0.15, 0.2) is 66.7 Å². The van der Waals surface area contributed by atoms with E-state index in [9.17, 15) is 30.7 Å². The van der Waals surface area contributed by atoms with Gasteiger partial charge in [0.25, 0.3) is 0 Å². The molecule has 0 saturated heterocycles. The highest BCUT2D eigenvalue weighted by Crippen LogP contribution is 2.39. The first-order chi connectivity index (χ1) is 19.4. The molecular weight excluding hydrogens is 552 g/mol. The van der Waals surface area contributed by atoms with Gasteiger partial charge in [0.1, 0.15) is 17.1 Å². The zero-order chi connectivity index (χ0) is 29.5. The average Bonchev–Trinajstić information content (AvgIpc) is 2.93. The van der Waals surface area contributed by atoms with Crippen LogP contribution in [0.25, 0.3) is 22.3 Å². The summed E-state index contributed by atoms with van der Waals surface area (Å²) in [6.07, 6.45) is -0.0794. The lowest BCUT2D eigenvalue weighted by Gasteiger charge is -2.26. The summed E-state index contributed by atoms with van der Waals surface area (Å²) in [6, 6.07) is 11.9. The minimum Gasteiger partial charge on any atom is -0.429 e. The molecule has 41 heavy (non-hydrogen) atoms. The van der Waals surface area contributed by atoms with Gasteiger partial charge in [0.2, 0.25) is 0 Å². The van der Waals surface area contributed by atoms with Gasteiger partial charge in [-0.2, -0.15) is 8.78 Å². The van der Waals surface area contributed by atoms with Crippen molar-refractivity contribution in [1.82, 2.24) is 0 Å². The molecule has 0 aliphatic heterocycles. The second kappa shape index (κ2) is 11.2. The molecule has 0 bridgehead atoms. The summed E-state index contributed by atoms with van der Waals surface area (Å²) in [6.45, 7) is 2.21. The second-order valence-electron chi connectivity index (χ2n) is 10.4. The Morgan fingerprint density at radius 3 is 1.83 bits per heavy atom. The largest absolute Gasteiger partial charge is 0.429 e. The predicted molar refractivity (Wildman–Crippen MR) is 138 cm³/mol. The van der Waals surface area contributed by atoms with Crippen molar-refractivity contribution in [2.45, 2.75) is 44.6 Å². The Morgan fingerprint density at radius 1 is 0.610 bits per heavy atom. The Labute approximate surface area is 231 Å². The highest BCUT2D eigenvalue weighted by atomic mass is 19.3. The molecular formula is C32H24F8O. The summed E-state index contributed by atoms with van der Waals surface area (Å²) in [5.74, 6) is -9.13. The SMILES string of the molecule is CC1CCC(c2ccc(-c3ccc(C(F)(F)Oc4ccc(-c5cc(F)c(F)c(F)c5)c(F)c4)c(F)c3F)cc2)CC1. The Balaban J connectivity index is 1.36. The van der Waals surface area contributed by atoms with Gasteiger partial charge in [0.15, 0.2) is 29.1 Å². The molecule has 214 valence electrons. The van der Waals surface area contributed by atoms with Crippen molar-refractivity contribution in [2.24, 2.45) is 5.92 Å². The molecule has 4 aromatic carbocycles. The molecule has 1 aliphatic rings. The molecule has 0 N–H and O–H groups in total. The van der Waals surface area contributed by atoms with Crippen molar-refractivity contribution in [3.05, 3.63) is 113 Å². The molecule has 0 amide bonds. The summed E-state index contributed by atoms with van der Waals surface area (Å²) in [4.78, 5) is 0. The van der Waals surface area contributed by atoms with Gasteiger partial charge in [-0.25, -0.2) is 26.3 Å². The maximum Gasteiger partial charge on any atom is 0.429 e. The van der Waals surface area contributed by atoms with Crippen molar-refractivity contribution < 1.29 is 39.9 Å². The fraction of sp³-hybridized carbons (Fsp3) is 0.250. The van der Waals surface area contributed by atoms with Crippen LogP contribution in [0.1, 0.15) is 49.7 Å². The lowest BCUT2D eigenvalue weighted by Crippen LogP contribution is -2.24. The molecule has 5 rings (SSSR count). The molecule has 9 heteroatoms. The average molecular weight is 577 g/mol. The maximum absolute atomic E-state index is 15.0. The second-order valence-corrected chi connectivity index (χ2v) is 10.4. The number of alkyl halides is 2. The van der Waals surface area contributed by atoms with Crippen LogP contribution in [0.3, 0.4) is 0 Å². The maximum atomic E-state index is 15.0. The van der Waals surface area contributed by atoms with Crippen molar-refractivity contribution in [1.29, 1.82) is 0 Å². The van der Waals surface area contributed by atoms with Crippen molar-refractivity contribution in [3.8, 4) is 28.0 Å². The van der Waals surface area contributed by atoms with Gasteiger partial charge in [-0.1, -0.05) is 50.1 Å². The Morgan fingerprint density at radius 2 is 1.22 bits per heavy atom. The van der Waals surface area contributed by atoms with Crippen LogP contribution in [0, 0.1) is 40.8 Å². The van der Waals surface area contributed by atoms with Gasteiger partial charge in [0, 0.05) is 17.2 Å². The third-order valence-electron chi connectivity index (χ3n) is 7.59. The van der Waals surface area contributed by atoms with E-state index in [0.29, 0.717) is 41.7 Å². The number of benzene rings is 4. The molecule has 4 aromatic rings. The summed E-state index contributed by atoms with van der Waals surface area (Å²) in [5.41, 5.74) is -1.02. The van der Waals surface area contributed by atoms with Crippen LogP contribution in [0.5, 0.6) is 5.75 Å². The van der Waals surface area contributed by atoms with E-state index in [0.717, 1.165) is 49.4 Å². The van der Waals surface area contributed by atoms with Gasteiger partial charge in [-0.15, -0.1) is 0 Å². The van der Waals surface area contributed by atoms with Crippen molar-refractivity contribution in [3.63, 3.8) is 0 Å². The molecule has 1 fully saturated rings. The van der Waals surface area contributed by atoms with Crippen LogP contribution in [-0.4, -0.2) is 0 Å². The monoisotopic (exact) mass is 576 g/mol. The molecule has 0 aromatic heterocycles. The summed E-state index contributed by atoms with van der Waals surface area (Å²) in [7, 11) is 0. The number of rotatable bonds is 6. The number of halogens is 8. The van der Waals surface area contributed by atoms with E-state index in [4.69, 9.17) is 0 Å². The summed E-state index contributed by atoms with van der Waals surface area (Å²) in [5, 5.41) is 0. The highest BCUT2D eigenvalue weighted by molar-refractivity contribution is 5.66. The predicted octanol–water partition coefficient (Wildman–Crippen LogP) is 10.3. The van der Waals surface area contributed by atoms with Gasteiger partial charge in [0.05, 0.1) is 0 Å². The van der Waals surface area contributed by atoms with E-state index >= 15 is 4.39 Å². The molecule has 1 aliphatic carbocycles. The summed E-state index contributed by atoms with van der Waals surface area (Å²) >= 11 is 0. The number of hydrogen-bond acceptors (Lipinski definition) is 1. The minimum absolute atomic E-state index is 0.208. The fourth-order valence-corrected chi connectivity index (χ4v) is 5.23. The Hall–Kier alpha value is -3.88. The topological polar surface area (TPSA) is 9.23 Å². The first kappa shape index (κ1) is 28.6. The summed E-state index contributed by atoms with van der Waals surface area (Å²) < 4.78 is 119. The molecule has 0 radical (unpaired) electrons. The van der Waals surface area contributed by atoms with Crippen molar-refractivity contribution in [2.75, 3.05) is 0 Å². The quantitative estimate of drug-likeness (QED) is 0.164. The van der Waals surface area contributed by atoms with Crippen molar-refractivity contribution >= 4 is 0 Å². The minimum atomic E-state index is -4.41. The van der Waals surface area contributed by atoms with E-state index in [2.05, 4.69) is 11.7 Å². The normalized spacial score (nSPS) is 17.5. The van der Waals surface area contributed by atoms with Gasteiger partial charge in [-0.3, -0.25) is 0 Å². The first-order valence-electron chi connectivity index (χ1n) is 13.0. The van der Waals surface area contributed by atoms with E-state index in [1.807, 2.05) is 12.1 Å². The van der Waals surface area contributed by atoms with E-state index < -0.39 is 57.9 Å². The van der Waals surface area contributed by atoms with E-state index in [1.54, 1.807) is 12.1 Å². The Bertz CT molecular complexity index is 1550. The third kappa shape index (κ3) is 5.80. The van der Waals surface area contributed by atoms with Crippen LogP contribution < -0.4 is 4.74 Å². The molecule has 1 saturated carbocycles. The van der Waals surface area contributed by atoms with Gasteiger partial charge < -0.3 is 4.74 Å². The fourth-order valence-electron chi connectivity index (χ4n) is 5.23. The molecule has 0 heterocycles. The number of ether oxygens (including phenoxy) is 1. The zero-order valence-corrected chi connectivity index (χ0v) is 21.8. The lowest BCUT2D eigenvalue weighted by atomic mass is 9.79. The van der Waals surface area contributed by atoms with Gasteiger partial charge in [-0.05, 0) is 71.7 Å². The standard InChI is InChI=1S/C32H24F8O/c1-17-2-4-18(5-3-17)19-6-8-20(9-7-19)24-12-13-25(30(37)29(24)36)32(39,40)41-22-10-11-23(26(33)16-22)21-14-27(34)31(38)28(35)15-21/h6-18H,2-5H2,1H3. The lowest BCUT2D eigenvalue weighted by molar-refractivity contribution is -0.187. The van der Waals surface area contributed by atoms with Crippen LogP contribution in [0.2, 0.25) is 0 Å². The van der Waals surface area contributed by atoms with Crippen LogP contribution in [0.4, 0.5) is 35.1 Å². The highest BCUT2D eigenvalue weighted by Gasteiger charge is 2.39. The van der Waals surface area contributed by atoms with E-state index in [1.165, 1.54) is 0 Å².